The number of phenols is 1. The topological polar surface area (TPSA) is 40.5 Å². The molecule has 0 saturated heterocycles. The molecular weight excluding hydrogens is 325 g/mol. The van der Waals surface area contributed by atoms with Crippen molar-refractivity contribution in [1.82, 2.24) is 4.90 Å². The molecule has 1 N–H and O–H groups in total. The maximum absolute atomic E-state index is 13.6. The molecule has 0 aliphatic carbocycles. The third-order valence-corrected chi connectivity index (χ3v) is 3.41. The van der Waals surface area contributed by atoms with Gasteiger partial charge in [0.1, 0.15) is 17.1 Å². The van der Waals surface area contributed by atoms with Crippen LogP contribution in [0.4, 0.5) is 4.39 Å². The molecule has 0 spiro atoms. The summed E-state index contributed by atoms with van der Waals surface area (Å²) in [4.78, 5) is 13.5. The van der Waals surface area contributed by atoms with Crippen molar-refractivity contribution >= 4 is 21.8 Å². The normalized spacial score (nSPS) is 10.3. The number of carbonyl (C=O) groups is 1. The summed E-state index contributed by atoms with van der Waals surface area (Å²) in [5.41, 5.74) is 0.618. The van der Waals surface area contributed by atoms with Crippen LogP contribution >= 0.6 is 15.9 Å². The average molecular weight is 338 g/mol. The first kappa shape index (κ1) is 14.5. The van der Waals surface area contributed by atoms with Gasteiger partial charge in [-0.3, -0.25) is 4.79 Å². The van der Waals surface area contributed by atoms with Gasteiger partial charge in [-0.25, -0.2) is 4.39 Å². The maximum Gasteiger partial charge on any atom is 0.260 e. The lowest BCUT2D eigenvalue weighted by Gasteiger charge is -2.18. The number of rotatable bonds is 3. The largest absolute Gasteiger partial charge is 0.507 e. The van der Waals surface area contributed by atoms with Gasteiger partial charge in [-0.05, 0) is 29.8 Å². The molecule has 0 fully saturated rings. The van der Waals surface area contributed by atoms with E-state index in [-0.39, 0.29) is 11.3 Å². The number of phenolic OH excluding ortho intramolecular Hbond substituents is 1. The van der Waals surface area contributed by atoms with Crippen molar-refractivity contribution in [3.05, 3.63) is 63.9 Å². The fourth-order valence-electron chi connectivity index (χ4n) is 1.85. The Kier molecular flexibility index (Phi) is 4.39. The summed E-state index contributed by atoms with van der Waals surface area (Å²) in [5, 5.41) is 9.62. The van der Waals surface area contributed by atoms with E-state index in [2.05, 4.69) is 15.9 Å². The van der Waals surface area contributed by atoms with Gasteiger partial charge in [0.05, 0.1) is 0 Å². The first-order chi connectivity index (χ1) is 9.49. The van der Waals surface area contributed by atoms with E-state index in [9.17, 15) is 14.3 Å². The molecule has 1 amide bonds. The van der Waals surface area contributed by atoms with E-state index >= 15 is 0 Å². The Balaban J connectivity index is 2.18. The highest BCUT2D eigenvalue weighted by Crippen LogP contribution is 2.22. The fraction of sp³-hybridized carbons (Fsp3) is 0.133. The van der Waals surface area contributed by atoms with Crippen LogP contribution in [0.3, 0.4) is 0 Å². The predicted octanol–water partition coefficient (Wildman–Crippen LogP) is 3.57. The minimum atomic E-state index is -0.724. The van der Waals surface area contributed by atoms with Crippen molar-refractivity contribution in [3.8, 4) is 5.75 Å². The molecule has 5 heteroatoms. The molecular formula is C15H13BrFNO2. The minimum Gasteiger partial charge on any atom is -0.507 e. The molecule has 0 bridgehead atoms. The van der Waals surface area contributed by atoms with E-state index in [1.54, 1.807) is 7.05 Å². The zero-order valence-electron chi connectivity index (χ0n) is 10.8. The highest BCUT2D eigenvalue weighted by atomic mass is 79.9. The average Bonchev–Trinajstić information content (AvgIpc) is 2.41. The summed E-state index contributed by atoms with van der Waals surface area (Å²) in [7, 11) is 1.57. The van der Waals surface area contributed by atoms with Gasteiger partial charge < -0.3 is 10.0 Å². The molecule has 3 nitrogen and oxygen atoms in total. The second kappa shape index (κ2) is 6.05. The van der Waals surface area contributed by atoms with Crippen LogP contribution in [0, 0.1) is 5.82 Å². The highest BCUT2D eigenvalue weighted by Gasteiger charge is 2.20. The second-order valence-corrected chi connectivity index (χ2v) is 5.34. The first-order valence-electron chi connectivity index (χ1n) is 5.96. The van der Waals surface area contributed by atoms with E-state index in [4.69, 9.17) is 0 Å². The van der Waals surface area contributed by atoms with Gasteiger partial charge in [0, 0.05) is 18.1 Å². The highest BCUT2D eigenvalue weighted by molar-refractivity contribution is 9.10. The lowest BCUT2D eigenvalue weighted by Crippen LogP contribution is -2.27. The Hall–Kier alpha value is -1.88. The van der Waals surface area contributed by atoms with Crippen LogP contribution in [0.15, 0.2) is 46.9 Å². The minimum absolute atomic E-state index is 0.299. The van der Waals surface area contributed by atoms with Gasteiger partial charge in [-0.15, -0.1) is 0 Å². The molecule has 0 radical (unpaired) electrons. The van der Waals surface area contributed by atoms with Gasteiger partial charge in [0.15, 0.2) is 0 Å². The molecule has 0 atom stereocenters. The number of aromatic hydroxyl groups is 1. The smallest absolute Gasteiger partial charge is 0.260 e. The zero-order valence-corrected chi connectivity index (χ0v) is 12.4. The van der Waals surface area contributed by atoms with E-state index in [1.165, 1.54) is 17.0 Å². The van der Waals surface area contributed by atoms with Crippen LogP contribution in [0.25, 0.3) is 0 Å². The molecule has 20 heavy (non-hydrogen) atoms. The summed E-state index contributed by atoms with van der Waals surface area (Å²) >= 11 is 3.33. The fourth-order valence-corrected chi connectivity index (χ4v) is 2.12. The molecule has 0 aliphatic heterocycles. The van der Waals surface area contributed by atoms with Crippen molar-refractivity contribution in [2.75, 3.05) is 7.05 Å². The number of nitrogens with zero attached hydrogens (tertiary/aromatic N) is 1. The second-order valence-electron chi connectivity index (χ2n) is 4.42. The monoisotopic (exact) mass is 337 g/mol. The van der Waals surface area contributed by atoms with Crippen molar-refractivity contribution < 1.29 is 14.3 Å². The Morgan fingerprint density at radius 1 is 1.25 bits per heavy atom. The molecule has 2 rings (SSSR count). The van der Waals surface area contributed by atoms with Crippen LogP contribution in [0.2, 0.25) is 0 Å². The number of hydrogen-bond acceptors (Lipinski definition) is 2. The third-order valence-electron chi connectivity index (χ3n) is 2.89. The lowest BCUT2D eigenvalue weighted by molar-refractivity contribution is 0.0777. The van der Waals surface area contributed by atoms with E-state index < -0.39 is 11.7 Å². The molecule has 104 valence electrons. The summed E-state index contributed by atoms with van der Waals surface area (Å²) in [6.07, 6.45) is 0. The lowest BCUT2D eigenvalue weighted by atomic mass is 10.1. The summed E-state index contributed by atoms with van der Waals surface area (Å²) in [6, 6.07) is 11.3. The van der Waals surface area contributed by atoms with Gasteiger partial charge in [0.2, 0.25) is 0 Å². The number of carbonyl (C=O) groups excluding carboxylic acids is 1. The molecule has 0 unspecified atom stereocenters. The molecule has 0 aliphatic rings. The third kappa shape index (κ3) is 3.17. The summed E-state index contributed by atoms with van der Waals surface area (Å²) < 4.78 is 14.6. The van der Waals surface area contributed by atoms with Gasteiger partial charge in [-0.1, -0.05) is 34.1 Å². The Bertz CT molecular complexity index is 608. The van der Waals surface area contributed by atoms with Crippen LogP contribution in [-0.4, -0.2) is 23.0 Å². The zero-order chi connectivity index (χ0) is 14.7. The van der Waals surface area contributed by atoms with Crippen LogP contribution in [-0.2, 0) is 6.54 Å². The number of amides is 1. The number of hydrogen-bond donors (Lipinski definition) is 1. The molecule has 2 aromatic rings. The van der Waals surface area contributed by atoms with Crippen LogP contribution < -0.4 is 0 Å². The molecule has 0 aromatic heterocycles. The van der Waals surface area contributed by atoms with Gasteiger partial charge in [0.25, 0.3) is 5.91 Å². The number of halogens is 2. The van der Waals surface area contributed by atoms with Crippen LogP contribution in [0.5, 0.6) is 5.75 Å². The summed E-state index contributed by atoms with van der Waals surface area (Å²) in [5.74, 6) is -1.63. The number of benzene rings is 2. The van der Waals surface area contributed by atoms with Gasteiger partial charge >= 0.3 is 0 Å². The van der Waals surface area contributed by atoms with Crippen LogP contribution in [0.1, 0.15) is 15.9 Å². The van der Waals surface area contributed by atoms with Crippen molar-refractivity contribution in [2.45, 2.75) is 6.54 Å². The van der Waals surface area contributed by atoms with Crippen molar-refractivity contribution in [3.63, 3.8) is 0 Å². The first-order valence-corrected chi connectivity index (χ1v) is 6.75. The Morgan fingerprint density at radius 2 is 1.90 bits per heavy atom. The van der Waals surface area contributed by atoms with Crippen molar-refractivity contribution in [1.29, 1.82) is 0 Å². The SMILES string of the molecule is CN(Cc1ccc(Br)cc1)C(=O)c1c(O)cccc1F. The summed E-state index contributed by atoms with van der Waals surface area (Å²) in [6.45, 7) is 0.333. The van der Waals surface area contributed by atoms with E-state index in [0.717, 1.165) is 16.1 Å². The Morgan fingerprint density at radius 3 is 2.50 bits per heavy atom. The standard InChI is InChI=1S/C15H13BrFNO2/c1-18(9-10-5-7-11(16)8-6-10)15(20)14-12(17)3-2-4-13(14)19/h2-8,19H,9H2,1H3. The quantitative estimate of drug-likeness (QED) is 0.930. The van der Waals surface area contributed by atoms with Crippen molar-refractivity contribution in [2.24, 2.45) is 0 Å². The molecule has 2 aromatic carbocycles. The predicted molar refractivity (Wildman–Crippen MR) is 78.0 cm³/mol. The molecule has 0 heterocycles. The van der Waals surface area contributed by atoms with E-state index in [0.29, 0.717) is 6.54 Å². The van der Waals surface area contributed by atoms with E-state index in [1.807, 2.05) is 24.3 Å². The van der Waals surface area contributed by atoms with Gasteiger partial charge in [-0.2, -0.15) is 0 Å². The maximum atomic E-state index is 13.6. The molecule has 0 saturated carbocycles. The Labute approximate surface area is 124 Å².